The van der Waals surface area contributed by atoms with Crippen molar-refractivity contribution in [1.82, 2.24) is 0 Å². The van der Waals surface area contributed by atoms with Gasteiger partial charge in [0.15, 0.2) is 0 Å². The Bertz CT molecular complexity index is 881. The number of halogens is 1. The first-order valence-corrected chi connectivity index (χ1v) is 8.73. The van der Waals surface area contributed by atoms with Gasteiger partial charge in [-0.05, 0) is 55.3 Å². The van der Waals surface area contributed by atoms with Crippen LogP contribution < -0.4 is 15.5 Å². The highest BCUT2D eigenvalue weighted by molar-refractivity contribution is 6.05. The smallest absolute Gasteiger partial charge is 0.255 e. The zero-order chi connectivity index (χ0) is 19.4. The molecule has 3 rings (SSSR count). The van der Waals surface area contributed by atoms with Crippen molar-refractivity contribution >= 4 is 34.8 Å². The molecule has 27 heavy (non-hydrogen) atoms. The Hall–Kier alpha value is -3.22. The van der Waals surface area contributed by atoms with Crippen LogP contribution in [0.5, 0.6) is 0 Å². The van der Waals surface area contributed by atoms with E-state index in [1.807, 2.05) is 0 Å². The Morgan fingerprint density at radius 3 is 2.44 bits per heavy atom. The first-order chi connectivity index (χ1) is 12.9. The van der Waals surface area contributed by atoms with Gasteiger partial charge in [-0.15, -0.1) is 0 Å². The lowest BCUT2D eigenvalue weighted by Gasteiger charge is -2.26. The molecule has 0 saturated carbocycles. The number of rotatable bonds is 4. The van der Waals surface area contributed by atoms with Crippen LogP contribution in [0.3, 0.4) is 0 Å². The summed E-state index contributed by atoms with van der Waals surface area (Å²) in [5.41, 5.74) is 1.45. The van der Waals surface area contributed by atoms with Crippen molar-refractivity contribution in [3.05, 3.63) is 53.8 Å². The first kappa shape index (κ1) is 18.6. The number of nitrogens with one attached hydrogen (secondary N) is 2. The van der Waals surface area contributed by atoms with Gasteiger partial charge in [0, 0.05) is 36.8 Å². The molecule has 0 aromatic heterocycles. The lowest BCUT2D eigenvalue weighted by molar-refractivity contribution is -0.119. The highest BCUT2D eigenvalue weighted by Crippen LogP contribution is 2.23. The van der Waals surface area contributed by atoms with Gasteiger partial charge in [0.1, 0.15) is 5.82 Å². The highest BCUT2D eigenvalue weighted by Gasteiger charge is 2.20. The third kappa shape index (κ3) is 4.49. The molecule has 0 radical (unpaired) electrons. The fourth-order valence-corrected chi connectivity index (χ4v) is 2.97. The molecule has 7 heteroatoms. The summed E-state index contributed by atoms with van der Waals surface area (Å²) in [5.74, 6) is -1.30. The molecule has 1 aliphatic heterocycles. The van der Waals surface area contributed by atoms with E-state index in [1.54, 1.807) is 29.2 Å². The molecule has 1 saturated heterocycles. The second-order valence-corrected chi connectivity index (χ2v) is 6.38. The standard InChI is InChI=1S/C20H20FN3O3/c1-13(25)22-15-7-10-17(21)18(12-15)23-20(27)14-5-8-16(9-6-14)24-11-3-2-4-19(24)26/h5-10,12H,2-4,11H2,1H3,(H,22,25)(H,23,27). The molecule has 0 aliphatic carbocycles. The second kappa shape index (κ2) is 7.99. The maximum absolute atomic E-state index is 14.0. The fraction of sp³-hybridized carbons (Fsp3) is 0.250. The highest BCUT2D eigenvalue weighted by atomic mass is 19.1. The van der Waals surface area contributed by atoms with Crippen molar-refractivity contribution < 1.29 is 18.8 Å². The van der Waals surface area contributed by atoms with Crippen LogP contribution in [0, 0.1) is 5.82 Å². The van der Waals surface area contributed by atoms with Gasteiger partial charge in [-0.3, -0.25) is 14.4 Å². The summed E-state index contributed by atoms with van der Waals surface area (Å²) in [7, 11) is 0. The molecule has 2 aromatic rings. The molecule has 1 heterocycles. The fourth-order valence-electron chi connectivity index (χ4n) is 2.97. The predicted octanol–water partition coefficient (Wildman–Crippen LogP) is 3.55. The largest absolute Gasteiger partial charge is 0.326 e. The number of carbonyl (C=O) groups is 3. The quantitative estimate of drug-likeness (QED) is 0.865. The number of amides is 3. The average Bonchev–Trinajstić information content (AvgIpc) is 2.64. The van der Waals surface area contributed by atoms with Gasteiger partial charge in [0.2, 0.25) is 11.8 Å². The molecule has 3 amide bonds. The van der Waals surface area contributed by atoms with Gasteiger partial charge in [-0.1, -0.05) is 0 Å². The number of piperidine rings is 1. The van der Waals surface area contributed by atoms with Crippen LogP contribution in [0.4, 0.5) is 21.5 Å². The normalized spacial score (nSPS) is 14.0. The zero-order valence-corrected chi connectivity index (χ0v) is 14.9. The Balaban J connectivity index is 1.73. The van der Waals surface area contributed by atoms with Gasteiger partial charge in [0.05, 0.1) is 5.69 Å². The van der Waals surface area contributed by atoms with Crippen molar-refractivity contribution in [3.8, 4) is 0 Å². The van der Waals surface area contributed by atoms with Crippen molar-refractivity contribution in [1.29, 1.82) is 0 Å². The van der Waals surface area contributed by atoms with Crippen LogP contribution in [0.25, 0.3) is 0 Å². The summed E-state index contributed by atoms with van der Waals surface area (Å²) < 4.78 is 14.0. The van der Waals surface area contributed by atoms with Crippen molar-refractivity contribution in [2.24, 2.45) is 0 Å². The topological polar surface area (TPSA) is 78.5 Å². The Morgan fingerprint density at radius 1 is 1.04 bits per heavy atom. The predicted molar refractivity (Wildman–Crippen MR) is 101 cm³/mol. The molecule has 0 unspecified atom stereocenters. The van der Waals surface area contributed by atoms with E-state index in [0.29, 0.717) is 24.2 Å². The third-order valence-electron chi connectivity index (χ3n) is 4.30. The zero-order valence-electron chi connectivity index (χ0n) is 14.9. The number of carbonyl (C=O) groups excluding carboxylic acids is 3. The SMILES string of the molecule is CC(=O)Nc1ccc(F)c(NC(=O)c2ccc(N3CCCCC3=O)cc2)c1. The molecule has 0 spiro atoms. The molecule has 0 atom stereocenters. The third-order valence-corrected chi connectivity index (χ3v) is 4.30. The molecule has 2 aromatic carbocycles. The van der Waals surface area contributed by atoms with E-state index in [4.69, 9.17) is 0 Å². The summed E-state index contributed by atoms with van der Waals surface area (Å²) in [6, 6.07) is 10.6. The number of hydrogen-bond donors (Lipinski definition) is 2. The lowest BCUT2D eigenvalue weighted by Crippen LogP contribution is -2.35. The molecular formula is C20H20FN3O3. The number of anilines is 3. The van der Waals surface area contributed by atoms with Crippen LogP contribution in [0.15, 0.2) is 42.5 Å². The maximum atomic E-state index is 14.0. The number of hydrogen-bond acceptors (Lipinski definition) is 3. The van der Waals surface area contributed by atoms with E-state index in [-0.39, 0.29) is 17.5 Å². The molecule has 1 fully saturated rings. The van der Waals surface area contributed by atoms with Crippen molar-refractivity contribution in [2.45, 2.75) is 26.2 Å². The second-order valence-electron chi connectivity index (χ2n) is 6.38. The lowest BCUT2D eigenvalue weighted by atomic mass is 10.1. The van der Waals surface area contributed by atoms with E-state index in [2.05, 4.69) is 10.6 Å². The van der Waals surface area contributed by atoms with E-state index in [0.717, 1.165) is 18.5 Å². The Morgan fingerprint density at radius 2 is 1.78 bits per heavy atom. The van der Waals surface area contributed by atoms with Crippen LogP contribution >= 0.6 is 0 Å². The summed E-state index contributed by atoms with van der Waals surface area (Å²) in [4.78, 5) is 37.2. The Kier molecular flexibility index (Phi) is 5.49. The summed E-state index contributed by atoms with van der Waals surface area (Å²) in [6.45, 7) is 2.02. The minimum absolute atomic E-state index is 0.0264. The average molecular weight is 369 g/mol. The maximum Gasteiger partial charge on any atom is 0.255 e. The number of benzene rings is 2. The van der Waals surface area contributed by atoms with Gasteiger partial charge in [-0.25, -0.2) is 4.39 Å². The minimum Gasteiger partial charge on any atom is -0.326 e. The van der Waals surface area contributed by atoms with Crippen LogP contribution in [0.2, 0.25) is 0 Å². The van der Waals surface area contributed by atoms with E-state index < -0.39 is 11.7 Å². The van der Waals surface area contributed by atoms with Crippen LogP contribution in [0.1, 0.15) is 36.5 Å². The molecule has 0 bridgehead atoms. The van der Waals surface area contributed by atoms with Gasteiger partial charge < -0.3 is 15.5 Å². The first-order valence-electron chi connectivity index (χ1n) is 8.73. The van der Waals surface area contributed by atoms with Gasteiger partial charge in [0.25, 0.3) is 5.91 Å². The molecule has 6 nitrogen and oxygen atoms in total. The van der Waals surface area contributed by atoms with Gasteiger partial charge >= 0.3 is 0 Å². The van der Waals surface area contributed by atoms with Crippen molar-refractivity contribution in [3.63, 3.8) is 0 Å². The Labute approximate surface area is 156 Å². The number of nitrogens with zero attached hydrogens (tertiary/aromatic N) is 1. The molecule has 1 aliphatic rings. The van der Waals surface area contributed by atoms with E-state index >= 15 is 0 Å². The van der Waals surface area contributed by atoms with Crippen molar-refractivity contribution in [2.75, 3.05) is 22.1 Å². The summed E-state index contributed by atoms with van der Waals surface area (Å²) in [5, 5.41) is 5.04. The summed E-state index contributed by atoms with van der Waals surface area (Å²) >= 11 is 0. The van der Waals surface area contributed by atoms with E-state index in [9.17, 15) is 18.8 Å². The molecule has 140 valence electrons. The molecule has 2 N–H and O–H groups in total. The molecular weight excluding hydrogens is 349 g/mol. The minimum atomic E-state index is -0.604. The van der Waals surface area contributed by atoms with Crippen LogP contribution in [-0.2, 0) is 9.59 Å². The monoisotopic (exact) mass is 369 g/mol. The van der Waals surface area contributed by atoms with Crippen LogP contribution in [-0.4, -0.2) is 24.3 Å². The summed E-state index contributed by atoms with van der Waals surface area (Å²) in [6.07, 6.45) is 2.39. The van der Waals surface area contributed by atoms with Gasteiger partial charge in [-0.2, -0.15) is 0 Å². The van der Waals surface area contributed by atoms with E-state index in [1.165, 1.54) is 25.1 Å².